The molecule has 0 radical (unpaired) electrons. The van der Waals surface area contributed by atoms with Crippen molar-refractivity contribution in [3.8, 4) is 0 Å². The fourth-order valence-electron chi connectivity index (χ4n) is 3.17. The summed E-state index contributed by atoms with van der Waals surface area (Å²) < 4.78 is 14.3. The van der Waals surface area contributed by atoms with Crippen LogP contribution in [0.2, 0.25) is 0 Å². The summed E-state index contributed by atoms with van der Waals surface area (Å²) in [5.41, 5.74) is 0.964. The Hall–Kier alpha value is -2.64. The fourth-order valence-corrected chi connectivity index (χ4v) is 6.01. The van der Waals surface area contributed by atoms with Gasteiger partial charge in [-0.1, -0.05) is 97.9 Å². The van der Waals surface area contributed by atoms with Crippen LogP contribution in [0.25, 0.3) is 0 Å². The number of hydrogen-bond acceptors (Lipinski definition) is 2. The second-order valence-corrected chi connectivity index (χ2v) is 9.36. The molecule has 0 bridgehead atoms. The van der Waals surface area contributed by atoms with E-state index >= 15 is 0 Å². The first-order valence-electron chi connectivity index (χ1n) is 9.18. The molecule has 3 aromatic rings. The Kier molecular flexibility index (Phi) is 6.26. The third kappa shape index (κ3) is 4.56. The molecule has 1 amide bonds. The van der Waals surface area contributed by atoms with Gasteiger partial charge < -0.3 is 9.88 Å². The Balaban J connectivity index is 2.06. The SMILES string of the molecule is CCC(=O)NC(CP(=O)(c1ccccc1)c1ccccc1)c1ccccc1. The van der Waals surface area contributed by atoms with Gasteiger partial charge in [0.25, 0.3) is 0 Å². The number of nitrogens with one attached hydrogen (secondary N) is 1. The first kappa shape index (κ1) is 19.1. The van der Waals surface area contributed by atoms with Crippen molar-refractivity contribution < 1.29 is 9.36 Å². The van der Waals surface area contributed by atoms with Gasteiger partial charge in [0.2, 0.25) is 5.91 Å². The summed E-state index contributed by atoms with van der Waals surface area (Å²) >= 11 is 0. The van der Waals surface area contributed by atoms with Gasteiger partial charge >= 0.3 is 0 Å². The summed E-state index contributed by atoms with van der Waals surface area (Å²) in [6.45, 7) is 1.82. The van der Waals surface area contributed by atoms with E-state index in [-0.39, 0.29) is 11.9 Å². The van der Waals surface area contributed by atoms with Gasteiger partial charge in [-0.05, 0) is 5.56 Å². The molecule has 138 valence electrons. The molecule has 0 fully saturated rings. The number of hydrogen-bond donors (Lipinski definition) is 1. The molecule has 0 aromatic heterocycles. The lowest BCUT2D eigenvalue weighted by atomic mass is 10.1. The van der Waals surface area contributed by atoms with Gasteiger partial charge in [0, 0.05) is 23.2 Å². The van der Waals surface area contributed by atoms with Crippen LogP contribution in [-0.4, -0.2) is 12.1 Å². The minimum absolute atomic E-state index is 0.0449. The smallest absolute Gasteiger partial charge is 0.220 e. The number of rotatable bonds is 7. The lowest BCUT2D eigenvalue weighted by molar-refractivity contribution is -0.121. The van der Waals surface area contributed by atoms with Crippen molar-refractivity contribution in [1.29, 1.82) is 0 Å². The highest BCUT2D eigenvalue weighted by Crippen LogP contribution is 2.46. The van der Waals surface area contributed by atoms with Crippen LogP contribution in [0.15, 0.2) is 91.0 Å². The lowest BCUT2D eigenvalue weighted by Gasteiger charge is -2.26. The highest BCUT2D eigenvalue weighted by atomic mass is 31.2. The quantitative estimate of drug-likeness (QED) is 0.625. The van der Waals surface area contributed by atoms with Crippen LogP contribution < -0.4 is 15.9 Å². The third-order valence-corrected chi connectivity index (χ3v) is 7.79. The molecule has 0 saturated heterocycles. The summed E-state index contributed by atoms with van der Waals surface area (Å²) in [4.78, 5) is 12.2. The lowest BCUT2D eigenvalue weighted by Crippen LogP contribution is -2.33. The molecule has 1 N–H and O–H groups in total. The first-order valence-corrected chi connectivity index (χ1v) is 11.1. The van der Waals surface area contributed by atoms with E-state index in [2.05, 4.69) is 5.32 Å². The molecule has 3 nitrogen and oxygen atoms in total. The molecule has 1 atom stereocenters. The van der Waals surface area contributed by atoms with E-state index in [4.69, 9.17) is 0 Å². The van der Waals surface area contributed by atoms with Crippen molar-refractivity contribution in [3.05, 3.63) is 96.6 Å². The van der Waals surface area contributed by atoms with E-state index < -0.39 is 7.14 Å². The van der Waals surface area contributed by atoms with Gasteiger partial charge in [-0.15, -0.1) is 0 Å². The summed E-state index contributed by atoms with van der Waals surface area (Å²) in [7, 11) is -2.93. The van der Waals surface area contributed by atoms with Crippen molar-refractivity contribution in [1.82, 2.24) is 5.32 Å². The van der Waals surface area contributed by atoms with Crippen molar-refractivity contribution in [2.75, 3.05) is 6.16 Å². The molecule has 4 heteroatoms. The van der Waals surface area contributed by atoms with Crippen molar-refractivity contribution >= 4 is 23.7 Å². The Morgan fingerprint density at radius 1 is 0.815 bits per heavy atom. The predicted octanol–water partition coefficient (Wildman–Crippen LogP) is 4.27. The van der Waals surface area contributed by atoms with Crippen molar-refractivity contribution in [2.45, 2.75) is 19.4 Å². The van der Waals surface area contributed by atoms with Gasteiger partial charge in [-0.25, -0.2) is 0 Å². The number of benzene rings is 3. The minimum atomic E-state index is -2.93. The molecule has 3 aromatic carbocycles. The van der Waals surface area contributed by atoms with Crippen LogP contribution in [-0.2, 0) is 9.36 Å². The van der Waals surface area contributed by atoms with E-state index in [0.29, 0.717) is 12.6 Å². The monoisotopic (exact) mass is 377 g/mol. The van der Waals surface area contributed by atoms with Crippen LogP contribution in [0.1, 0.15) is 24.9 Å². The second-order valence-electron chi connectivity index (χ2n) is 6.48. The van der Waals surface area contributed by atoms with Crippen LogP contribution in [0, 0.1) is 0 Å². The van der Waals surface area contributed by atoms with Crippen LogP contribution in [0.5, 0.6) is 0 Å². The molecule has 0 spiro atoms. The molecular weight excluding hydrogens is 353 g/mol. The summed E-state index contributed by atoms with van der Waals surface area (Å²) in [6, 6.07) is 28.6. The normalized spacial score (nSPS) is 12.3. The van der Waals surface area contributed by atoms with Crippen molar-refractivity contribution in [3.63, 3.8) is 0 Å². The molecule has 0 aliphatic heterocycles. The zero-order valence-electron chi connectivity index (χ0n) is 15.4. The largest absolute Gasteiger partial charge is 0.349 e. The Labute approximate surface area is 160 Å². The maximum Gasteiger partial charge on any atom is 0.220 e. The Bertz CT molecular complexity index is 867. The van der Waals surface area contributed by atoms with Gasteiger partial charge in [-0.3, -0.25) is 4.79 Å². The van der Waals surface area contributed by atoms with Crippen LogP contribution in [0.4, 0.5) is 0 Å². The highest BCUT2D eigenvalue weighted by Gasteiger charge is 2.31. The molecule has 3 rings (SSSR count). The average molecular weight is 377 g/mol. The average Bonchev–Trinajstić information content (AvgIpc) is 2.75. The van der Waals surface area contributed by atoms with E-state index in [0.717, 1.165) is 16.2 Å². The van der Waals surface area contributed by atoms with E-state index in [1.165, 1.54) is 0 Å². The Morgan fingerprint density at radius 3 is 1.70 bits per heavy atom. The number of amides is 1. The third-order valence-electron chi connectivity index (χ3n) is 4.64. The highest BCUT2D eigenvalue weighted by molar-refractivity contribution is 7.78. The van der Waals surface area contributed by atoms with Gasteiger partial charge in [-0.2, -0.15) is 0 Å². The molecule has 27 heavy (non-hydrogen) atoms. The van der Waals surface area contributed by atoms with E-state index in [1.807, 2.05) is 97.9 Å². The molecule has 0 aliphatic rings. The topological polar surface area (TPSA) is 46.2 Å². The van der Waals surface area contributed by atoms with E-state index in [1.54, 1.807) is 0 Å². The minimum Gasteiger partial charge on any atom is -0.349 e. The number of carbonyl (C=O) groups is 1. The molecule has 0 saturated carbocycles. The summed E-state index contributed by atoms with van der Waals surface area (Å²) in [5.74, 6) is -0.0449. The molecule has 0 heterocycles. The standard InChI is InChI=1S/C23H24NO2P/c1-2-23(25)24-22(19-12-6-3-7-13-19)18-27(26,20-14-8-4-9-15-20)21-16-10-5-11-17-21/h3-17,22H,2,18H2,1H3,(H,24,25). The molecule has 0 aliphatic carbocycles. The second kappa shape index (κ2) is 8.83. The first-order chi connectivity index (χ1) is 13.1. The maximum atomic E-state index is 14.3. The maximum absolute atomic E-state index is 14.3. The summed E-state index contributed by atoms with van der Waals surface area (Å²) in [6.07, 6.45) is 0.737. The van der Waals surface area contributed by atoms with E-state index in [9.17, 15) is 9.36 Å². The van der Waals surface area contributed by atoms with Crippen molar-refractivity contribution in [2.24, 2.45) is 0 Å². The summed E-state index contributed by atoms with van der Waals surface area (Å²) in [5, 5.41) is 4.68. The van der Waals surface area contributed by atoms with Crippen LogP contribution >= 0.6 is 7.14 Å². The zero-order chi connectivity index (χ0) is 19.1. The molecule has 1 unspecified atom stereocenters. The Morgan fingerprint density at radius 2 is 1.26 bits per heavy atom. The van der Waals surface area contributed by atoms with Gasteiger partial charge in [0.1, 0.15) is 7.14 Å². The predicted molar refractivity (Wildman–Crippen MR) is 112 cm³/mol. The zero-order valence-corrected chi connectivity index (χ0v) is 16.3. The van der Waals surface area contributed by atoms with Gasteiger partial charge in [0.05, 0.1) is 6.04 Å². The van der Waals surface area contributed by atoms with Gasteiger partial charge in [0.15, 0.2) is 0 Å². The van der Waals surface area contributed by atoms with Crippen LogP contribution in [0.3, 0.4) is 0 Å². The fraction of sp³-hybridized carbons (Fsp3) is 0.174. The molecular formula is C23H24NO2P. The number of carbonyl (C=O) groups excluding carboxylic acids is 1.